The summed E-state index contributed by atoms with van der Waals surface area (Å²) in [4.78, 5) is 37.9. The molecule has 0 saturated carbocycles. The van der Waals surface area contributed by atoms with Crippen LogP contribution in [0.1, 0.15) is 69.4 Å². The van der Waals surface area contributed by atoms with Crippen molar-refractivity contribution < 1.29 is 23.7 Å². The number of carbonyl (C=O) groups is 3. The van der Waals surface area contributed by atoms with Gasteiger partial charge in [-0.05, 0) is 58.1 Å². The number of carbonyl (C=O) groups excluding carboxylic acids is 3. The summed E-state index contributed by atoms with van der Waals surface area (Å²) in [6.45, 7) is 9.88. The van der Waals surface area contributed by atoms with E-state index >= 15 is 0 Å². The number of nitrogens with one attached hydrogen (secondary N) is 1. The van der Waals surface area contributed by atoms with Crippen molar-refractivity contribution in [3.63, 3.8) is 0 Å². The Morgan fingerprint density at radius 3 is 2.45 bits per heavy atom. The Bertz CT molecular complexity index is 822. The standard InChI is InChI=1S/C21H29BN2O5/c1-13-16-12-14(22-28-20(2,3)21(4,5)29-22)9-10-15(16)19(27)24(13)17(8-7-11-25)18(26)23-6/h9-13,17H,7-8H2,1-6H3,(H,23,26). The molecule has 0 bridgehead atoms. The van der Waals surface area contributed by atoms with Crippen LogP contribution in [0.15, 0.2) is 18.2 Å². The van der Waals surface area contributed by atoms with Gasteiger partial charge < -0.3 is 24.3 Å². The van der Waals surface area contributed by atoms with E-state index < -0.39 is 24.4 Å². The minimum absolute atomic E-state index is 0.201. The molecule has 2 unspecified atom stereocenters. The number of hydrogen-bond donors (Lipinski definition) is 1. The molecule has 0 aliphatic carbocycles. The second kappa shape index (κ2) is 7.57. The van der Waals surface area contributed by atoms with E-state index in [4.69, 9.17) is 9.31 Å². The zero-order valence-electron chi connectivity index (χ0n) is 17.9. The van der Waals surface area contributed by atoms with Gasteiger partial charge in [-0.1, -0.05) is 12.1 Å². The molecule has 8 heteroatoms. The Labute approximate surface area is 172 Å². The molecule has 2 aliphatic rings. The van der Waals surface area contributed by atoms with Gasteiger partial charge in [0.2, 0.25) is 5.91 Å². The minimum atomic E-state index is -0.694. The average Bonchev–Trinajstić information content (AvgIpc) is 3.04. The van der Waals surface area contributed by atoms with Gasteiger partial charge in [-0.3, -0.25) is 9.59 Å². The minimum Gasteiger partial charge on any atom is -0.399 e. The van der Waals surface area contributed by atoms with E-state index in [9.17, 15) is 14.4 Å². The molecule has 2 amide bonds. The highest BCUT2D eigenvalue weighted by atomic mass is 16.7. The number of benzene rings is 1. The molecule has 1 fully saturated rings. The van der Waals surface area contributed by atoms with E-state index in [1.54, 1.807) is 11.0 Å². The Kier molecular flexibility index (Phi) is 5.62. The highest BCUT2D eigenvalue weighted by molar-refractivity contribution is 6.62. The molecule has 29 heavy (non-hydrogen) atoms. The lowest BCUT2D eigenvalue weighted by atomic mass is 9.77. The van der Waals surface area contributed by atoms with Crippen LogP contribution in [0, 0.1) is 0 Å². The van der Waals surface area contributed by atoms with Gasteiger partial charge in [-0.25, -0.2) is 0 Å². The van der Waals surface area contributed by atoms with Crippen LogP contribution < -0.4 is 10.8 Å². The number of hydrogen-bond acceptors (Lipinski definition) is 5. The topological polar surface area (TPSA) is 84.9 Å². The summed E-state index contributed by atoms with van der Waals surface area (Å²) in [5.41, 5.74) is 1.33. The Morgan fingerprint density at radius 1 is 1.28 bits per heavy atom. The first-order valence-corrected chi connectivity index (χ1v) is 10.0. The van der Waals surface area contributed by atoms with Crippen molar-refractivity contribution in [2.75, 3.05) is 7.05 Å². The van der Waals surface area contributed by atoms with Crippen molar-refractivity contribution in [2.45, 2.75) is 70.7 Å². The highest BCUT2D eigenvalue weighted by Crippen LogP contribution is 2.38. The van der Waals surface area contributed by atoms with Crippen LogP contribution in [0.5, 0.6) is 0 Å². The number of aldehydes is 1. The highest BCUT2D eigenvalue weighted by Gasteiger charge is 2.52. The third-order valence-corrected chi connectivity index (χ3v) is 6.38. The first-order chi connectivity index (χ1) is 13.5. The van der Waals surface area contributed by atoms with Crippen LogP contribution in [0.2, 0.25) is 0 Å². The van der Waals surface area contributed by atoms with Crippen LogP contribution >= 0.6 is 0 Å². The summed E-state index contributed by atoms with van der Waals surface area (Å²) in [5, 5.41) is 2.60. The second-order valence-corrected chi connectivity index (χ2v) is 8.70. The normalized spacial score (nSPS) is 23.1. The Hall–Kier alpha value is -2.19. The fourth-order valence-corrected chi connectivity index (χ4v) is 3.91. The number of amides is 2. The molecule has 1 aromatic carbocycles. The summed E-state index contributed by atoms with van der Waals surface area (Å²) in [7, 11) is 1.01. The maximum Gasteiger partial charge on any atom is 0.494 e. The molecule has 7 nitrogen and oxygen atoms in total. The molecule has 1 N–H and O–H groups in total. The van der Waals surface area contributed by atoms with Gasteiger partial charge in [0, 0.05) is 19.0 Å². The molecule has 2 heterocycles. The first kappa shape index (κ1) is 21.5. The van der Waals surface area contributed by atoms with Crippen LogP contribution in [0.25, 0.3) is 0 Å². The first-order valence-electron chi connectivity index (χ1n) is 10.0. The van der Waals surface area contributed by atoms with E-state index in [1.807, 2.05) is 46.8 Å². The van der Waals surface area contributed by atoms with Gasteiger partial charge in [0.25, 0.3) is 5.91 Å². The molecule has 1 aromatic rings. The third kappa shape index (κ3) is 3.60. The smallest absolute Gasteiger partial charge is 0.399 e. The van der Waals surface area contributed by atoms with Gasteiger partial charge in [0.15, 0.2) is 0 Å². The molecule has 156 valence electrons. The van der Waals surface area contributed by atoms with Crippen molar-refractivity contribution in [3.8, 4) is 0 Å². The summed E-state index contributed by atoms with van der Waals surface area (Å²) in [6, 6.07) is 4.56. The molecular formula is C21H29BN2O5. The lowest BCUT2D eigenvalue weighted by Gasteiger charge is -2.32. The van der Waals surface area contributed by atoms with Crippen molar-refractivity contribution in [2.24, 2.45) is 0 Å². The largest absolute Gasteiger partial charge is 0.494 e. The van der Waals surface area contributed by atoms with Gasteiger partial charge in [0.05, 0.1) is 17.2 Å². The SMILES string of the molecule is CNC(=O)C(CCC=O)N1C(=O)c2ccc(B3OC(C)(C)C(C)(C)O3)cc2C1C. The van der Waals surface area contributed by atoms with Crippen molar-refractivity contribution in [3.05, 3.63) is 29.3 Å². The maximum absolute atomic E-state index is 13.1. The molecular weight excluding hydrogens is 371 g/mol. The quantitative estimate of drug-likeness (QED) is 0.579. The van der Waals surface area contributed by atoms with Crippen LogP contribution in [-0.2, 0) is 18.9 Å². The third-order valence-electron chi connectivity index (χ3n) is 6.38. The van der Waals surface area contributed by atoms with Crippen LogP contribution in [-0.4, -0.2) is 54.4 Å². The fraction of sp³-hybridized carbons (Fsp3) is 0.571. The van der Waals surface area contributed by atoms with Crippen LogP contribution in [0.3, 0.4) is 0 Å². The molecule has 2 atom stereocenters. The van der Waals surface area contributed by atoms with Gasteiger partial charge in [-0.15, -0.1) is 0 Å². The van der Waals surface area contributed by atoms with E-state index in [2.05, 4.69) is 5.32 Å². The molecule has 0 aromatic heterocycles. The van der Waals surface area contributed by atoms with Crippen LogP contribution in [0.4, 0.5) is 0 Å². The Balaban J connectivity index is 1.91. The lowest BCUT2D eigenvalue weighted by Crippen LogP contribution is -2.47. The number of fused-ring (bicyclic) bond motifs is 1. The van der Waals surface area contributed by atoms with Crippen molar-refractivity contribution in [1.29, 1.82) is 0 Å². The average molecular weight is 400 g/mol. The zero-order valence-corrected chi connectivity index (χ0v) is 17.9. The summed E-state index contributed by atoms with van der Waals surface area (Å²) in [5.74, 6) is -0.474. The second-order valence-electron chi connectivity index (χ2n) is 8.70. The van der Waals surface area contributed by atoms with Crippen molar-refractivity contribution >= 4 is 30.7 Å². The van der Waals surface area contributed by atoms with E-state index in [0.29, 0.717) is 5.56 Å². The van der Waals surface area contributed by atoms with Gasteiger partial charge in [-0.2, -0.15) is 0 Å². The van der Waals surface area contributed by atoms with Gasteiger partial charge in [0.1, 0.15) is 12.3 Å². The summed E-state index contributed by atoms with van der Waals surface area (Å²) in [6.07, 6.45) is 1.27. The van der Waals surface area contributed by atoms with E-state index in [0.717, 1.165) is 17.3 Å². The van der Waals surface area contributed by atoms with Crippen molar-refractivity contribution in [1.82, 2.24) is 10.2 Å². The monoisotopic (exact) mass is 400 g/mol. The fourth-order valence-electron chi connectivity index (χ4n) is 3.91. The summed E-state index contributed by atoms with van der Waals surface area (Å²) < 4.78 is 12.3. The van der Waals surface area contributed by atoms with E-state index in [1.165, 1.54) is 7.05 Å². The van der Waals surface area contributed by atoms with Gasteiger partial charge >= 0.3 is 7.12 Å². The maximum atomic E-state index is 13.1. The zero-order chi connectivity index (χ0) is 21.6. The molecule has 2 aliphatic heterocycles. The molecule has 0 spiro atoms. The van der Waals surface area contributed by atoms with E-state index in [-0.39, 0.29) is 30.7 Å². The lowest BCUT2D eigenvalue weighted by molar-refractivity contribution is -0.126. The summed E-state index contributed by atoms with van der Waals surface area (Å²) >= 11 is 0. The molecule has 0 radical (unpaired) electrons. The molecule has 3 rings (SSSR count). The predicted octanol–water partition coefficient (Wildman–Crippen LogP) is 1.60. The number of rotatable bonds is 6. The number of nitrogens with zero attached hydrogens (tertiary/aromatic N) is 1. The predicted molar refractivity (Wildman–Crippen MR) is 110 cm³/mol. The number of likely N-dealkylation sites (N-methyl/N-ethyl adjacent to an activating group) is 1. The molecule has 1 saturated heterocycles. The Morgan fingerprint density at radius 2 is 1.90 bits per heavy atom.